The molecule has 0 radical (unpaired) electrons. The van der Waals surface area contributed by atoms with Gasteiger partial charge in [0.05, 0.1) is 0 Å². The zero-order valence-corrected chi connectivity index (χ0v) is 5.98. The average Bonchev–Trinajstić information content (AvgIpc) is 2.07. The number of nitrogens with two attached hydrogens (primary N) is 1. The first kappa shape index (κ1) is 8.00. The summed E-state index contributed by atoms with van der Waals surface area (Å²) < 4.78 is 4.60. The monoisotopic (exact) mass is 159 g/mol. The minimum atomic E-state index is -1.09. The van der Waals surface area contributed by atoms with Crippen molar-refractivity contribution in [2.24, 2.45) is 11.7 Å². The second kappa shape index (κ2) is 2.50. The smallest absolute Gasteiger partial charge is 0.324 e. The van der Waals surface area contributed by atoms with Gasteiger partial charge in [0.15, 0.2) is 0 Å². The fourth-order valence-corrected chi connectivity index (χ4v) is 1.13. The third-order valence-corrected chi connectivity index (χ3v) is 1.75. The molecule has 1 saturated heterocycles. The molecule has 11 heavy (non-hydrogen) atoms. The molecule has 0 aromatic carbocycles. The number of carboxylic acid groups (broad SMARTS) is 1. The molecule has 62 valence electrons. The van der Waals surface area contributed by atoms with Crippen LogP contribution in [0.1, 0.15) is 6.92 Å². The van der Waals surface area contributed by atoms with Crippen molar-refractivity contribution < 1.29 is 19.4 Å². The van der Waals surface area contributed by atoms with Crippen molar-refractivity contribution in [2.75, 3.05) is 0 Å². The Bertz CT molecular complexity index is 203. The minimum Gasteiger partial charge on any atom is -0.481 e. The largest absolute Gasteiger partial charge is 0.481 e. The maximum absolute atomic E-state index is 10.7. The van der Waals surface area contributed by atoms with Gasteiger partial charge in [-0.1, -0.05) is 0 Å². The van der Waals surface area contributed by atoms with Crippen molar-refractivity contribution >= 4 is 11.9 Å². The standard InChI is InChI=1S/C6H9NO4/c1-2-3(5(8)9)4(7)6(10)11-2/h2-4H,7H2,1H3,(H,8,9)/t2-,3-,4+/m0/s1. The number of ether oxygens (including phenoxy) is 1. The highest BCUT2D eigenvalue weighted by atomic mass is 16.6. The van der Waals surface area contributed by atoms with Gasteiger partial charge >= 0.3 is 11.9 Å². The number of carbonyl (C=O) groups excluding carboxylic acids is 1. The number of cyclic esters (lactones) is 1. The number of aliphatic carboxylic acids is 1. The summed E-state index contributed by atoms with van der Waals surface area (Å²) in [6.45, 7) is 1.52. The van der Waals surface area contributed by atoms with E-state index in [4.69, 9.17) is 10.8 Å². The van der Waals surface area contributed by atoms with Crippen molar-refractivity contribution in [1.82, 2.24) is 0 Å². The second-order valence-corrected chi connectivity index (χ2v) is 2.53. The van der Waals surface area contributed by atoms with Crippen LogP contribution in [0.2, 0.25) is 0 Å². The topological polar surface area (TPSA) is 89.6 Å². The van der Waals surface area contributed by atoms with Gasteiger partial charge in [-0.25, -0.2) is 0 Å². The van der Waals surface area contributed by atoms with Gasteiger partial charge in [0.25, 0.3) is 0 Å². The molecule has 5 heteroatoms. The van der Waals surface area contributed by atoms with Gasteiger partial charge in [-0.2, -0.15) is 0 Å². The van der Waals surface area contributed by atoms with Gasteiger partial charge in [0, 0.05) is 0 Å². The Morgan fingerprint density at radius 1 is 1.73 bits per heavy atom. The van der Waals surface area contributed by atoms with Crippen molar-refractivity contribution in [2.45, 2.75) is 19.1 Å². The van der Waals surface area contributed by atoms with Crippen molar-refractivity contribution in [3.8, 4) is 0 Å². The molecule has 1 aliphatic rings. The zero-order chi connectivity index (χ0) is 8.59. The molecule has 1 fully saturated rings. The molecule has 0 saturated carbocycles. The average molecular weight is 159 g/mol. The highest BCUT2D eigenvalue weighted by molar-refractivity contribution is 5.87. The molecule has 0 bridgehead atoms. The normalized spacial score (nSPS) is 36.9. The van der Waals surface area contributed by atoms with E-state index in [9.17, 15) is 9.59 Å². The maximum Gasteiger partial charge on any atom is 0.324 e. The lowest BCUT2D eigenvalue weighted by atomic mass is 9.99. The van der Waals surface area contributed by atoms with Crippen LogP contribution >= 0.6 is 0 Å². The van der Waals surface area contributed by atoms with Crippen molar-refractivity contribution in [3.05, 3.63) is 0 Å². The first-order valence-electron chi connectivity index (χ1n) is 3.23. The Hall–Kier alpha value is -1.10. The fraction of sp³-hybridized carbons (Fsp3) is 0.667. The molecule has 0 aromatic heterocycles. The quantitative estimate of drug-likeness (QED) is 0.477. The molecule has 5 nitrogen and oxygen atoms in total. The molecule has 0 aromatic rings. The third-order valence-electron chi connectivity index (χ3n) is 1.75. The molecule has 1 heterocycles. The van der Waals surface area contributed by atoms with Crippen molar-refractivity contribution in [3.63, 3.8) is 0 Å². The van der Waals surface area contributed by atoms with E-state index in [2.05, 4.69) is 4.74 Å². The van der Waals surface area contributed by atoms with Gasteiger partial charge < -0.3 is 15.6 Å². The van der Waals surface area contributed by atoms with Crippen LogP contribution in [0.3, 0.4) is 0 Å². The summed E-state index contributed by atoms with van der Waals surface area (Å²) in [7, 11) is 0. The van der Waals surface area contributed by atoms with E-state index in [-0.39, 0.29) is 0 Å². The van der Waals surface area contributed by atoms with Crippen LogP contribution in [0.15, 0.2) is 0 Å². The molecule has 0 amide bonds. The zero-order valence-electron chi connectivity index (χ0n) is 5.98. The lowest BCUT2D eigenvalue weighted by molar-refractivity contribution is -0.143. The summed E-state index contributed by atoms with van der Waals surface area (Å²) >= 11 is 0. The molecule has 1 rings (SSSR count). The van der Waals surface area contributed by atoms with E-state index < -0.39 is 30.0 Å². The molecule has 3 atom stereocenters. The summed E-state index contributed by atoms with van der Waals surface area (Å²) in [5.74, 6) is -2.62. The number of hydrogen-bond donors (Lipinski definition) is 2. The highest BCUT2D eigenvalue weighted by Crippen LogP contribution is 2.20. The molecule has 0 spiro atoms. The van der Waals surface area contributed by atoms with Crippen LogP contribution in [0.4, 0.5) is 0 Å². The van der Waals surface area contributed by atoms with Crippen LogP contribution in [-0.2, 0) is 14.3 Å². The van der Waals surface area contributed by atoms with E-state index in [1.54, 1.807) is 0 Å². The summed E-state index contributed by atoms with van der Waals surface area (Å²) in [6.07, 6.45) is -0.616. The number of carbonyl (C=O) groups is 2. The number of rotatable bonds is 1. The molecule has 0 aliphatic carbocycles. The fourth-order valence-electron chi connectivity index (χ4n) is 1.13. The van der Waals surface area contributed by atoms with Crippen LogP contribution in [0, 0.1) is 5.92 Å². The van der Waals surface area contributed by atoms with Crippen molar-refractivity contribution in [1.29, 1.82) is 0 Å². The third kappa shape index (κ3) is 1.19. The lowest BCUT2D eigenvalue weighted by Crippen LogP contribution is -2.38. The van der Waals surface area contributed by atoms with E-state index in [0.717, 1.165) is 0 Å². The summed E-state index contributed by atoms with van der Waals surface area (Å²) in [4.78, 5) is 21.1. The van der Waals surface area contributed by atoms with E-state index in [0.29, 0.717) is 0 Å². The Morgan fingerprint density at radius 3 is 2.45 bits per heavy atom. The molecule has 1 aliphatic heterocycles. The Kier molecular flexibility index (Phi) is 1.82. The van der Waals surface area contributed by atoms with Crippen LogP contribution in [0.25, 0.3) is 0 Å². The summed E-state index contributed by atoms with van der Waals surface area (Å²) in [6, 6.07) is -1.01. The number of carboxylic acids is 1. The Balaban J connectivity index is 2.79. The van der Waals surface area contributed by atoms with E-state index >= 15 is 0 Å². The molecule has 3 N–H and O–H groups in total. The molecule has 0 unspecified atom stereocenters. The molecular formula is C6H9NO4. The first-order chi connectivity index (χ1) is 5.04. The predicted octanol–water partition coefficient (Wildman–Crippen LogP) is -1.04. The van der Waals surface area contributed by atoms with E-state index in [1.807, 2.05) is 0 Å². The predicted molar refractivity (Wildman–Crippen MR) is 34.7 cm³/mol. The Morgan fingerprint density at radius 2 is 2.27 bits per heavy atom. The van der Waals surface area contributed by atoms with Gasteiger partial charge in [0.2, 0.25) is 0 Å². The SMILES string of the molecule is C[C@@H]1OC(=O)[C@H](N)[C@H]1C(=O)O. The lowest BCUT2D eigenvalue weighted by Gasteiger charge is -2.08. The molecular weight excluding hydrogens is 150 g/mol. The number of hydrogen-bond acceptors (Lipinski definition) is 4. The van der Waals surface area contributed by atoms with Gasteiger partial charge in [0.1, 0.15) is 18.1 Å². The summed E-state index contributed by atoms with van der Waals surface area (Å²) in [5, 5.41) is 8.56. The maximum atomic E-state index is 10.7. The number of esters is 1. The minimum absolute atomic E-state index is 0.616. The van der Waals surface area contributed by atoms with E-state index in [1.165, 1.54) is 6.92 Å². The van der Waals surface area contributed by atoms with Gasteiger partial charge in [-0.05, 0) is 6.92 Å². The van der Waals surface area contributed by atoms with Gasteiger partial charge in [-0.15, -0.1) is 0 Å². The second-order valence-electron chi connectivity index (χ2n) is 2.53. The van der Waals surface area contributed by atoms with Gasteiger partial charge in [-0.3, -0.25) is 9.59 Å². The van der Waals surface area contributed by atoms with Crippen LogP contribution in [-0.4, -0.2) is 29.2 Å². The summed E-state index contributed by atoms with van der Waals surface area (Å²) in [5.41, 5.74) is 5.26. The first-order valence-corrected chi connectivity index (χ1v) is 3.23. The van der Waals surface area contributed by atoms with Crippen LogP contribution < -0.4 is 5.73 Å². The highest BCUT2D eigenvalue weighted by Gasteiger charge is 2.44. The Labute approximate surface area is 63.1 Å². The van der Waals surface area contributed by atoms with Crippen LogP contribution in [0.5, 0.6) is 0 Å².